The molecule has 2 saturated heterocycles. The molecule has 124 valence electrons. The standard InChI is InChI=1S/C19H21N3O2/c1-11-7-9-12(10-8-11)18-15-16(13-5-3-4-6-14(13)23)20-21-17(15)19(24)22(18)2/h3-10,15-18,20-21,23H,1-2H3. The quantitative estimate of drug-likeness (QED) is 0.791. The SMILES string of the molecule is Cc1ccc(C2C3C(NNC3c3ccccc3O)C(=O)N2C)cc1. The Morgan fingerprint density at radius 2 is 1.67 bits per heavy atom. The minimum absolute atomic E-state index is 0.0125. The summed E-state index contributed by atoms with van der Waals surface area (Å²) < 4.78 is 0. The molecule has 3 N–H and O–H groups in total. The molecule has 0 bridgehead atoms. The highest BCUT2D eigenvalue weighted by molar-refractivity contribution is 5.86. The molecule has 0 aliphatic carbocycles. The van der Waals surface area contributed by atoms with Gasteiger partial charge in [-0.05, 0) is 18.6 Å². The number of likely N-dealkylation sites (N-methyl/N-ethyl adjacent to an activating group) is 1. The van der Waals surface area contributed by atoms with E-state index in [0.29, 0.717) is 0 Å². The molecule has 2 aliphatic heterocycles. The number of hydrogen-bond donors (Lipinski definition) is 3. The summed E-state index contributed by atoms with van der Waals surface area (Å²) in [6.45, 7) is 2.06. The van der Waals surface area contributed by atoms with Gasteiger partial charge in [-0.1, -0.05) is 48.0 Å². The van der Waals surface area contributed by atoms with Crippen molar-refractivity contribution in [2.75, 3.05) is 7.05 Å². The van der Waals surface area contributed by atoms with Crippen molar-refractivity contribution in [1.29, 1.82) is 0 Å². The van der Waals surface area contributed by atoms with Crippen molar-refractivity contribution in [3.05, 3.63) is 65.2 Å². The van der Waals surface area contributed by atoms with Gasteiger partial charge in [0.25, 0.3) is 0 Å². The minimum Gasteiger partial charge on any atom is -0.508 e. The maximum Gasteiger partial charge on any atom is 0.241 e. The topological polar surface area (TPSA) is 64.6 Å². The summed E-state index contributed by atoms with van der Waals surface area (Å²) in [4.78, 5) is 14.5. The van der Waals surface area contributed by atoms with Crippen LogP contribution in [0.5, 0.6) is 5.75 Å². The van der Waals surface area contributed by atoms with Gasteiger partial charge in [0, 0.05) is 18.5 Å². The molecular weight excluding hydrogens is 302 g/mol. The van der Waals surface area contributed by atoms with Crippen LogP contribution < -0.4 is 10.9 Å². The average molecular weight is 323 g/mol. The molecule has 5 nitrogen and oxygen atoms in total. The van der Waals surface area contributed by atoms with Crippen LogP contribution in [-0.2, 0) is 4.79 Å². The van der Waals surface area contributed by atoms with Crippen LogP contribution in [0.4, 0.5) is 0 Å². The van der Waals surface area contributed by atoms with Crippen LogP contribution in [-0.4, -0.2) is 29.0 Å². The van der Waals surface area contributed by atoms with Gasteiger partial charge in [-0.25, -0.2) is 10.9 Å². The maximum absolute atomic E-state index is 12.7. The smallest absolute Gasteiger partial charge is 0.241 e. The summed E-state index contributed by atoms with van der Waals surface area (Å²) in [7, 11) is 1.86. The van der Waals surface area contributed by atoms with E-state index in [9.17, 15) is 9.90 Å². The lowest BCUT2D eigenvalue weighted by Crippen LogP contribution is -2.39. The lowest BCUT2D eigenvalue weighted by atomic mass is 9.83. The van der Waals surface area contributed by atoms with Crippen LogP contribution in [0.1, 0.15) is 28.8 Å². The Bertz CT molecular complexity index is 774. The van der Waals surface area contributed by atoms with Crippen LogP contribution in [0.3, 0.4) is 0 Å². The van der Waals surface area contributed by atoms with Gasteiger partial charge in [0.15, 0.2) is 0 Å². The number of para-hydroxylation sites is 1. The lowest BCUT2D eigenvalue weighted by Gasteiger charge is -2.29. The van der Waals surface area contributed by atoms with Gasteiger partial charge in [0.2, 0.25) is 5.91 Å². The molecule has 1 amide bonds. The molecule has 2 aliphatic rings. The summed E-state index contributed by atoms with van der Waals surface area (Å²) >= 11 is 0. The van der Waals surface area contributed by atoms with E-state index in [2.05, 4.69) is 42.0 Å². The molecule has 0 aromatic heterocycles. The first-order valence-corrected chi connectivity index (χ1v) is 8.20. The summed E-state index contributed by atoms with van der Waals surface area (Å²) in [6, 6.07) is 15.2. The lowest BCUT2D eigenvalue weighted by molar-refractivity contribution is -0.129. The molecule has 2 aromatic carbocycles. The number of benzene rings is 2. The fourth-order valence-corrected chi connectivity index (χ4v) is 4.02. The van der Waals surface area contributed by atoms with Crippen LogP contribution in [0.15, 0.2) is 48.5 Å². The van der Waals surface area contributed by atoms with E-state index in [1.165, 1.54) is 5.56 Å². The second-order valence-corrected chi connectivity index (χ2v) is 6.68. The highest BCUT2D eigenvalue weighted by Crippen LogP contribution is 2.47. The molecule has 5 heteroatoms. The predicted molar refractivity (Wildman–Crippen MR) is 91.1 cm³/mol. The van der Waals surface area contributed by atoms with Gasteiger partial charge in [0.1, 0.15) is 11.8 Å². The summed E-state index contributed by atoms with van der Waals surface area (Å²) in [5.41, 5.74) is 9.49. The third kappa shape index (κ3) is 2.20. The Balaban J connectivity index is 1.77. The highest BCUT2D eigenvalue weighted by Gasteiger charge is 2.54. The number of carbonyl (C=O) groups excluding carboxylic acids is 1. The number of fused-ring (bicyclic) bond motifs is 1. The molecule has 0 spiro atoms. The number of aryl methyl sites for hydroxylation is 1. The van der Waals surface area contributed by atoms with E-state index in [0.717, 1.165) is 11.1 Å². The van der Waals surface area contributed by atoms with Gasteiger partial charge in [-0.2, -0.15) is 0 Å². The predicted octanol–water partition coefficient (Wildman–Crippen LogP) is 2.05. The second-order valence-electron chi connectivity index (χ2n) is 6.68. The summed E-state index contributed by atoms with van der Waals surface area (Å²) in [5, 5.41) is 10.2. The molecule has 2 heterocycles. The Kier molecular flexibility index (Phi) is 3.55. The van der Waals surface area contributed by atoms with Gasteiger partial charge in [-0.3, -0.25) is 4.79 Å². The van der Waals surface area contributed by atoms with Crippen LogP contribution in [0.25, 0.3) is 0 Å². The fraction of sp³-hybridized carbons (Fsp3) is 0.316. The monoisotopic (exact) mass is 323 g/mol. The molecular formula is C19H21N3O2. The summed E-state index contributed by atoms with van der Waals surface area (Å²) in [5.74, 6) is 0.344. The van der Waals surface area contributed by atoms with E-state index in [1.807, 2.05) is 30.1 Å². The molecule has 4 atom stereocenters. The van der Waals surface area contributed by atoms with Crippen molar-refractivity contribution in [1.82, 2.24) is 15.8 Å². The molecule has 0 saturated carbocycles. The van der Waals surface area contributed by atoms with E-state index < -0.39 is 0 Å². The van der Waals surface area contributed by atoms with Crippen molar-refractivity contribution in [3.8, 4) is 5.75 Å². The first-order chi connectivity index (χ1) is 11.6. The number of carbonyl (C=O) groups is 1. The molecule has 0 radical (unpaired) electrons. The Morgan fingerprint density at radius 1 is 1.00 bits per heavy atom. The van der Waals surface area contributed by atoms with Gasteiger partial charge < -0.3 is 10.0 Å². The molecule has 4 rings (SSSR count). The maximum atomic E-state index is 12.7. The highest BCUT2D eigenvalue weighted by atomic mass is 16.3. The normalized spacial score (nSPS) is 29.1. The van der Waals surface area contributed by atoms with E-state index >= 15 is 0 Å². The van der Waals surface area contributed by atoms with E-state index in [4.69, 9.17) is 0 Å². The number of phenolic OH excluding ortho intramolecular Hbond substituents is 1. The number of aromatic hydroxyl groups is 1. The number of phenols is 1. The number of nitrogens with zero attached hydrogens (tertiary/aromatic N) is 1. The van der Waals surface area contributed by atoms with E-state index in [-0.39, 0.29) is 35.7 Å². The Hall–Kier alpha value is -2.37. The van der Waals surface area contributed by atoms with Gasteiger partial charge >= 0.3 is 0 Å². The van der Waals surface area contributed by atoms with Crippen molar-refractivity contribution >= 4 is 5.91 Å². The molecule has 24 heavy (non-hydrogen) atoms. The fourth-order valence-electron chi connectivity index (χ4n) is 4.02. The first-order valence-electron chi connectivity index (χ1n) is 8.20. The zero-order valence-corrected chi connectivity index (χ0v) is 13.7. The number of nitrogens with one attached hydrogen (secondary N) is 2. The van der Waals surface area contributed by atoms with Crippen molar-refractivity contribution in [2.45, 2.75) is 25.0 Å². The summed E-state index contributed by atoms with van der Waals surface area (Å²) in [6.07, 6.45) is 0. The van der Waals surface area contributed by atoms with Crippen molar-refractivity contribution < 1.29 is 9.90 Å². The third-order valence-corrected chi connectivity index (χ3v) is 5.25. The number of hydrogen-bond acceptors (Lipinski definition) is 4. The van der Waals surface area contributed by atoms with Crippen LogP contribution >= 0.6 is 0 Å². The van der Waals surface area contributed by atoms with Crippen LogP contribution in [0.2, 0.25) is 0 Å². The average Bonchev–Trinajstić information content (AvgIpc) is 3.10. The van der Waals surface area contributed by atoms with E-state index in [1.54, 1.807) is 6.07 Å². The zero-order chi connectivity index (χ0) is 16.8. The second kappa shape index (κ2) is 5.61. The van der Waals surface area contributed by atoms with Crippen molar-refractivity contribution in [3.63, 3.8) is 0 Å². The number of amides is 1. The minimum atomic E-state index is -0.286. The van der Waals surface area contributed by atoms with Gasteiger partial charge in [0.05, 0.1) is 12.1 Å². The van der Waals surface area contributed by atoms with Crippen molar-refractivity contribution in [2.24, 2.45) is 5.92 Å². The number of rotatable bonds is 2. The molecule has 2 fully saturated rings. The van der Waals surface area contributed by atoms with Gasteiger partial charge in [-0.15, -0.1) is 0 Å². The zero-order valence-electron chi connectivity index (χ0n) is 13.7. The molecule has 2 aromatic rings. The largest absolute Gasteiger partial charge is 0.508 e. The van der Waals surface area contributed by atoms with Crippen LogP contribution in [0, 0.1) is 12.8 Å². The molecule has 4 unspecified atom stereocenters. The number of likely N-dealkylation sites (tertiary alicyclic amines) is 1. The third-order valence-electron chi connectivity index (χ3n) is 5.25. The first kappa shape index (κ1) is 15.2. The Morgan fingerprint density at radius 3 is 2.38 bits per heavy atom. The Labute approximate surface area is 141 Å². The number of hydrazine groups is 1.